The minimum absolute atomic E-state index is 0. The van der Waals surface area contributed by atoms with E-state index >= 15 is 0 Å². The third kappa shape index (κ3) is 5.37. The lowest BCUT2D eigenvalue weighted by Crippen LogP contribution is -2.42. The van der Waals surface area contributed by atoms with E-state index in [1.165, 1.54) is 6.07 Å². The van der Waals surface area contributed by atoms with Crippen molar-refractivity contribution in [1.82, 2.24) is 5.32 Å². The van der Waals surface area contributed by atoms with Gasteiger partial charge in [0.1, 0.15) is 11.9 Å². The molecule has 0 spiro atoms. The van der Waals surface area contributed by atoms with Gasteiger partial charge in [-0.05, 0) is 41.3 Å². The zero-order valence-corrected chi connectivity index (χ0v) is 15.4. The predicted octanol–water partition coefficient (Wildman–Crippen LogP) is 2.77. The molecule has 2 rings (SSSR count). The quantitative estimate of drug-likeness (QED) is 0.682. The predicted molar refractivity (Wildman–Crippen MR) is 99.5 cm³/mol. The molecule has 0 aromatic heterocycles. The molecule has 0 aliphatic rings. The zero-order valence-electron chi connectivity index (χ0n) is 13.7. The summed E-state index contributed by atoms with van der Waals surface area (Å²) in [5.41, 5.74) is 7.96. The Morgan fingerprint density at radius 2 is 1.92 bits per heavy atom. The van der Waals surface area contributed by atoms with E-state index in [1.54, 1.807) is 6.07 Å². The van der Waals surface area contributed by atoms with Gasteiger partial charge in [-0.25, -0.2) is 4.39 Å². The van der Waals surface area contributed by atoms with E-state index in [9.17, 15) is 14.0 Å². The van der Waals surface area contributed by atoms with Crippen LogP contribution in [-0.4, -0.2) is 29.6 Å². The molecule has 0 aliphatic carbocycles. The van der Waals surface area contributed by atoms with E-state index in [0.29, 0.717) is 5.56 Å². The molecular weight excluding hydrogens is 391 g/mol. The van der Waals surface area contributed by atoms with Crippen molar-refractivity contribution < 1.29 is 19.1 Å². The summed E-state index contributed by atoms with van der Waals surface area (Å²) in [6, 6.07) is 10.4. The second-order valence-electron chi connectivity index (χ2n) is 5.39. The molecule has 0 radical (unpaired) electrons. The fourth-order valence-corrected chi connectivity index (χ4v) is 2.38. The van der Waals surface area contributed by atoms with Crippen molar-refractivity contribution in [2.24, 2.45) is 5.73 Å². The number of carboxylic acid groups (broad SMARTS) is 1. The first-order chi connectivity index (χ1) is 11.4. The Morgan fingerprint density at radius 3 is 2.56 bits per heavy atom. The van der Waals surface area contributed by atoms with E-state index in [-0.39, 0.29) is 29.1 Å². The highest BCUT2D eigenvalue weighted by molar-refractivity contribution is 8.93. The molecular formula is C18H20BrFN2O3. The molecule has 1 atom stereocenters. The van der Waals surface area contributed by atoms with Gasteiger partial charge >= 0.3 is 5.97 Å². The largest absolute Gasteiger partial charge is 0.480 e. The van der Waals surface area contributed by atoms with Crippen LogP contribution in [0.5, 0.6) is 0 Å². The third-order valence-electron chi connectivity index (χ3n) is 3.67. The van der Waals surface area contributed by atoms with Crippen LogP contribution in [0.2, 0.25) is 0 Å². The molecule has 0 unspecified atom stereocenters. The number of rotatable bonds is 6. The zero-order chi connectivity index (χ0) is 17.7. The van der Waals surface area contributed by atoms with Gasteiger partial charge in [-0.3, -0.25) is 9.59 Å². The maximum Gasteiger partial charge on any atom is 0.322 e. The summed E-state index contributed by atoms with van der Waals surface area (Å²) in [6.45, 7) is 1.77. The summed E-state index contributed by atoms with van der Waals surface area (Å²) < 4.78 is 13.9. The molecule has 134 valence electrons. The normalized spacial score (nSPS) is 11.3. The number of benzene rings is 2. The molecule has 25 heavy (non-hydrogen) atoms. The second kappa shape index (κ2) is 9.29. The van der Waals surface area contributed by atoms with Gasteiger partial charge in [0.15, 0.2) is 0 Å². The van der Waals surface area contributed by atoms with E-state index in [0.717, 1.165) is 23.6 Å². The molecule has 0 saturated carbocycles. The topological polar surface area (TPSA) is 92.4 Å². The van der Waals surface area contributed by atoms with Gasteiger partial charge < -0.3 is 16.2 Å². The van der Waals surface area contributed by atoms with Gasteiger partial charge in [0, 0.05) is 12.1 Å². The number of hydrogen-bond acceptors (Lipinski definition) is 3. The van der Waals surface area contributed by atoms with E-state index in [4.69, 9.17) is 10.8 Å². The molecule has 0 aliphatic heterocycles. The summed E-state index contributed by atoms with van der Waals surface area (Å²) in [7, 11) is 0. The van der Waals surface area contributed by atoms with Crippen LogP contribution in [0.25, 0.3) is 11.1 Å². The van der Waals surface area contributed by atoms with Crippen LogP contribution in [0.1, 0.15) is 22.8 Å². The Bertz CT molecular complexity index is 768. The monoisotopic (exact) mass is 410 g/mol. The smallest absolute Gasteiger partial charge is 0.322 e. The number of hydrogen-bond donors (Lipinski definition) is 3. The van der Waals surface area contributed by atoms with Gasteiger partial charge in [-0.2, -0.15) is 0 Å². The van der Waals surface area contributed by atoms with Crippen molar-refractivity contribution in [3.8, 4) is 11.1 Å². The number of carbonyl (C=O) groups is 2. The number of carboxylic acids is 1. The Labute approximate surface area is 155 Å². The number of nitrogens with two attached hydrogens (primary N) is 1. The summed E-state index contributed by atoms with van der Waals surface area (Å²) in [4.78, 5) is 22.8. The molecule has 0 bridgehead atoms. The minimum atomic E-state index is -1.22. The average Bonchev–Trinajstić information content (AvgIpc) is 2.58. The Balaban J connectivity index is 0.00000312. The van der Waals surface area contributed by atoms with Gasteiger partial charge in [0.25, 0.3) is 5.91 Å². The van der Waals surface area contributed by atoms with Crippen LogP contribution in [0, 0.1) is 5.82 Å². The van der Waals surface area contributed by atoms with Crippen molar-refractivity contribution in [1.29, 1.82) is 0 Å². The molecule has 2 aromatic rings. The van der Waals surface area contributed by atoms with Crippen LogP contribution in [-0.2, 0) is 11.2 Å². The van der Waals surface area contributed by atoms with E-state index < -0.39 is 23.7 Å². The summed E-state index contributed by atoms with van der Waals surface area (Å²) >= 11 is 0. The fraction of sp³-hybridized carbons (Fsp3) is 0.222. The van der Waals surface area contributed by atoms with Crippen LogP contribution in [0.3, 0.4) is 0 Å². The first kappa shape index (κ1) is 20.8. The number of halogens is 2. The Morgan fingerprint density at radius 1 is 1.24 bits per heavy atom. The maximum absolute atomic E-state index is 13.9. The molecule has 5 nitrogen and oxygen atoms in total. The lowest BCUT2D eigenvalue weighted by Gasteiger charge is -2.12. The lowest BCUT2D eigenvalue weighted by atomic mass is 9.96. The summed E-state index contributed by atoms with van der Waals surface area (Å²) in [6.07, 6.45) is 0.779. The number of aryl methyl sites for hydroxylation is 1. The fourth-order valence-electron chi connectivity index (χ4n) is 2.38. The third-order valence-corrected chi connectivity index (χ3v) is 3.67. The molecule has 7 heteroatoms. The van der Waals surface area contributed by atoms with Crippen molar-refractivity contribution >= 4 is 28.9 Å². The van der Waals surface area contributed by atoms with Gasteiger partial charge in [0.2, 0.25) is 0 Å². The molecule has 0 saturated heterocycles. The van der Waals surface area contributed by atoms with Crippen LogP contribution in [0.15, 0.2) is 42.5 Å². The van der Waals surface area contributed by atoms with Crippen molar-refractivity contribution in [2.75, 3.05) is 6.54 Å². The van der Waals surface area contributed by atoms with E-state index in [2.05, 4.69) is 5.32 Å². The molecule has 2 aromatic carbocycles. The standard InChI is InChI=1S/C18H19FN2O3.BrH/c1-2-11-5-3-4-6-15(11)12-7-13(9-14(19)8-12)17(22)21-10-16(20)18(23)24;/h3-9,16H,2,10,20H2,1H3,(H,21,22)(H,23,24);1H/t16-;/m1./s1. The highest BCUT2D eigenvalue weighted by atomic mass is 79.9. The van der Waals surface area contributed by atoms with Crippen LogP contribution >= 0.6 is 17.0 Å². The van der Waals surface area contributed by atoms with Crippen LogP contribution in [0.4, 0.5) is 4.39 Å². The Kier molecular flexibility index (Phi) is 7.73. The SMILES string of the molecule is Br.CCc1ccccc1-c1cc(F)cc(C(=O)NC[C@@H](N)C(=O)O)c1. The first-order valence-corrected chi connectivity index (χ1v) is 7.57. The van der Waals surface area contributed by atoms with Gasteiger partial charge in [-0.1, -0.05) is 31.2 Å². The number of amides is 1. The lowest BCUT2D eigenvalue weighted by molar-refractivity contribution is -0.138. The summed E-state index contributed by atoms with van der Waals surface area (Å²) in [5.74, 6) is -2.32. The maximum atomic E-state index is 13.9. The average molecular weight is 411 g/mol. The number of nitrogens with one attached hydrogen (secondary N) is 1. The second-order valence-corrected chi connectivity index (χ2v) is 5.39. The highest BCUT2D eigenvalue weighted by Gasteiger charge is 2.15. The first-order valence-electron chi connectivity index (χ1n) is 7.57. The highest BCUT2D eigenvalue weighted by Crippen LogP contribution is 2.26. The molecule has 0 fully saturated rings. The number of carbonyl (C=O) groups excluding carboxylic acids is 1. The van der Waals surface area contributed by atoms with Crippen molar-refractivity contribution in [2.45, 2.75) is 19.4 Å². The van der Waals surface area contributed by atoms with Gasteiger partial charge in [-0.15, -0.1) is 17.0 Å². The number of aliphatic carboxylic acids is 1. The van der Waals surface area contributed by atoms with Crippen LogP contribution < -0.4 is 11.1 Å². The van der Waals surface area contributed by atoms with E-state index in [1.807, 2.05) is 31.2 Å². The van der Waals surface area contributed by atoms with Crippen molar-refractivity contribution in [3.63, 3.8) is 0 Å². The van der Waals surface area contributed by atoms with Crippen molar-refractivity contribution in [3.05, 3.63) is 59.4 Å². The molecule has 1 amide bonds. The summed E-state index contributed by atoms with van der Waals surface area (Å²) in [5, 5.41) is 11.1. The van der Waals surface area contributed by atoms with Gasteiger partial charge in [0.05, 0.1) is 0 Å². The molecule has 4 N–H and O–H groups in total. The Hall–Kier alpha value is -2.25. The minimum Gasteiger partial charge on any atom is -0.480 e. The molecule has 0 heterocycles.